The molecule has 0 N–H and O–H groups in total. The first-order valence-corrected chi connectivity index (χ1v) is 6.08. The third-order valence-corrected chi connectivity index (χ3v) is 2.66. The molecule has 80 valence electrons. The molecule has 0 saturated heterocycles. The fourth-order valence-corrected chi connectivity index (χ4v) is 1.87. The van der Waals surface area contributed by atoms with Gasteiger partial charge in [0.1, 0.15) is 0 Å². The van der Waals surface area contributed by atoms with Crippen LogP contribution < -0.4 is 0 Å². The number of thiol groups is 1. The van der Waals surface area contributed by atoms with Crippen LogP contribution in [-0.2, 0) is 12.8 Å². The van der Waals surface area contributed by atoms with E-state index in [1.54, 1.807) is 0 Å². The first-order valence-electron chi connectivity index (χ1n) is 5.45. The van der Waals surface area contributed by atoms with Gasteiger partial charge in [0.2, 0.25) is 0 Å². The van der Waals surface area contributed by atoms with Crippen molar-refractivity contribution in [1.29, 1.82) is 0 Å². The second-order valence-corrected chi connectivity index (χ2v) is 3.94. The predicted octanol–water partition coefficient (Wildman–Crippen LogP) is 3.40. The average molecular weight is 218 g/mol. The summed E-state index contributed by atoms with van der Waals surface area (Å²) in [6.07, 6.45) is 2.09. The van der Waals surface area contributed by atoms with Crippen molar-refractivity contribution in [2.45, 2.75) is 33.6 Å². The molecular formula is C14H18S. The molecule has 0 spiro atoms. The van der Waals surface area contributed by atoms with Gasteiger partial charge in [-0.1, -0.05) is 43.4 Å². The van der Waals surface area contributed by atoms with Gasteiger partial charge in [-0.15, -0.1) is 0 Å². The maximum atomic E-state index is 4.12. The number of rotatable bonds is 2. The average Bonchev–Trinajstić information content (AvgIpc) is 2.26. The van der Waals surface area contributed by atoms with Gasteiger partial charge in [-0.05, 0) is 30.9 Å². The van der Waals surface area contributed by atoms with E-state index in [0.29, 0.717) is 5.75 Å². The molecule has 0 aliphatic heterocycles. The van der Waals surface area contributed by atoms with Gasteiger partial charge in [0.15, 0.2) is 0 Å². The Hall–Kier alpha value is -0.870. The number of benzene rings is 1. The summed E-state index contributed by atoms with van der Waals surface area (Å²) < 4.78 is 0. The lowest BCUT2D eigenvalue weighted by Crippen LogP contribution is -1.96. The van der Waals surface area contributed by atoms with Crippen LogP contribution in [0.15, 0.2) is 12.1 Å². The molecule has 0 saturated carbocycles. The van der Waals surface area contributed by atoms with Gasteiger partial charge >= 0.3 is 0 Å². The first-order chi connectivity index (χ1) is 7.22. The van der Waals surface area contributed by atoms with Crippen molar-refractivity contribution < 1.29 is 0 Å². The highest BCUT2D eigenvalue weighted by Crippen LogP contribution is 2.18. The summed E-state index contributed by atoms with van der Waals surface area (Å²) in [6.45, 7) is 6.51. The minimum atomic E-state index is 0.625. The van der Waals surface area contributed by atoms with E-state index in [-0.39, 0.29) is 0 Å². The summed E-state index contributed by atoms with van der Waals surface area (Å²) in [5, 5.41) is 0. The Morgan fingerprint density at radius 3 is 2.07 bits per heavy atom. The second kappa shape index (κ2) is 5.88. The molecule has 0 aliphatic rings. The molecule has 0 aromatic heterocycles. The van der Waals surface area contributed by atoms with Gasteiger partial charge in [0.25, 0.3) is 0 Å². The number of hydrogen-bond donors (Lipinski definition) is 1. The van der Waals surface area contributed by atoms with Crippen LogP contribution >= 0.6 is 12.6 Å². The van der Waals surface area contributed by atoms with E-state index >= 15 is 0 Å². The van der Waals surface area contributed by atoms with Gasteiger partial charge in [-0.3, -0.25) is 0 Å². The lowest BCUT2D eigenvalue weighted by Gasteiger charge is -2.09. The molecule has 1 rings (SSSR count). The molecule has 0 nitrogen and oxygen atoms in total. The third kappa shape index (κ3) is 3.04. The highest BCUT2D eigenvalue weighted by Gasteiger charge is 2.04. The summed E-state index contributed by atoms with van der Waals surface area (Å²) in [5.41, 5.74) is 5.28. The van der Waals surface area contributed by atoms with Crippen molar-refractivity contribution in [3.63, 3.8) is 0 Å². The molecule has 0 unspecified atom stereocenters. The molecule has 0 aliphatic carbocycles. The quantitative estimate of drug-likeness (QED) is 0.571. The minimum Gasteiger partial charge on any atom is -0.166 e. The van der Waals surface area contributed by atoms with Gasteiger partial charge in [-0.2, -0.15) is 12.6 Å². The summed E-state index contributed by atoms with van der Waals surface area (Å²) >= 11 is 4.12. The highest BCUT2D eigenvalue weighted by molar-refractivity contribution is 7.80. The van der Waals surface area contributed by atoms with Crippen molar-refractivity contribution in [2.75, 3.05) is 5.75 Å². The molecule has 0 heterocycles. The SMILES string of the molecule is CCc1cc(C)cc(CC)c1C#CCS. The second-order valence-electron chi connectivity index (χ2n) is 3.63. The van der Waals surface area contributed by atoms with Crippen LogP contribution in [0.4, 0.5) is 0 Å². The van der Waals surface area contributed by atoms with Crippen molar-refractivity contribution in [1.82, 2.24) is 0 Å². The Kier molecular flexibility index (Phi) is 4.78. The van der Waals surface area contributed by atoms with E-state index in [0.717, 1.165) is 12.8 Å². The van der Waals surface area contributed by atoms with Crippen molar-refractivity contribution in [3.8, 4) is 11.8 Å². The molecule has 15 heavy (non-hydrogen) atoms. The van der Waals surface area contributed by atoms with Gasteiger partial charge in [0.05, 0.1) is 5.75 Å². The van der Waals surface area contributed by atoms with E-state index in [1.165, 1.54) is 22.3 Å². The zero-order chi connectivity index (χ0) is 11.3. The van der Waals surface area contributed by atoms with Gasteiger partial charge in [-0.25, -0.2) is 0 Å². The Morgan fingerprint density at radius 1 is 1.13 bits per heavy atom. The van der Waals surface area contributed by atoms with Crippen LogP contribution in [0.25, 0.3) is 0 Å². The molecule has 0 amide bonds. The van der Waals surface area contributed by atoms with Crippen LogP contribution in [0, 0.1) is 18.8 Å². The van der Waals surface area contributed by atoms with E-state index in [4.69, 9.17) is 0 Å². The maximum absolute atomic E-state index is 4.12. The van der Waals surface area contributed by atoms with E-state index < -0.39 is 0 Å². The molecular weight excluding hydrogens is 200 g/mol. The summed E-state index contributed by atoms with van der Waals surface area (Å²) in [5.74, 6) is 6.91. The standard InChI is InChI=1S/C14H18S/c1-4-12-9-11(3)10-13(5-2)14(12)7-6-8-15/h9-10,15H,4-5,8H2,1-3H3. The summed E-state index contributed by atoms with van der Waals surface area (Å²) in [6, 6.07) is 4.48. The van der Waals surface area contributed by atoms with E-state index in [9.17, 15) is 0 Å². The molecule has 1 heteroatoms. The first kappa shape index (κ1) is 12.2. The normalized spacial score (nSPS) is 9.60. The van der Waals surface area contributed by atoms with Crippen LogP contribution in [-0.4, -0.2) is 5.75 Å². The van der Waals surface area contributed by atoms with Crippen molar-refractivity contribution in [3.05, 3.63) is 34.4 Å². The lowest BCUT2D eigenvalue weighted by atomic mass is 9.95. The van der Waals surface area contributed by atoms with E-state index in [1.807, 2.05) is 0 Å². The smallest absolute Gasteiger partial charge is 0.0521 e. The highest BCUT2D eigenvalue weighted by atomic mass is 32.1. The van der Waals surface area contributed by atoms with Crippen LogP contribution in [0.3, 0.4) is 0 Å². The Balaban J connectivity index is 3.30. The third-order valence-electron chi connectivity index (χ3n) is 2.50. The minimum absolute atomic E-state index is 0.625. The van der Waals surface area contributed by atoms with Gasteiger partial charge in [0, 0.05) is 5.56 Å². The Labute approximate surface area is 98.5 Å². The molecule has 0 bridgehead atoms. The van der Waals surface area contributed by atoms with Crippen LogP contribution in [0.2, 0.25) is 0 Å². The van der Waals surface area contributed by atoms with E-state index in [2.05, 4.69) is 57.4 Å². The molecule has 0 radical (unpaired) electrons. The molecule has 1 aromatic rings. The Morgan fingerprint density at radius 2 is 1.67 bits per heavy atom. The summed E-state index contributed by atoms with van der Waals surface area (Å²) in [7, 11) is 0. The largest absolute Gasteiger partial charge is 0.166 e. The topological polar surface area (TPSA) is 0 Å². The number of hydrogen-bond acceptors (Lipinski definition) is 1. The van der Waals surface area contributed by atoms with Crippen molar-refractivity contribution >= 4 is 12.6 Å². The predicted molar refractivity (Wildman–Crippen MR) is 70.7 cm³/mol. The fourth-order valence-electron chi connectivity index (χ4n) is 1.79. The Bertz CT molecular complexity index is 369. The van der Waals surface area contributed by atoms with Crippen molar-refractivity contribution in [2.24, 2.45) is 0 Å². The summed E-state index contributed by atoms with van der Waals surface area (Å²) in [4.78, 5) is 0. The fraction of sp³-hybridized carbons (Fsp3) is 0.429. The molecule has 0 fully saturated rings. The number of aryl methyl sites for hydroxylation is 3. The molecule has 1 aromatic carbocycles. The van der Waals surface area contributed by atoms with Crippen LogP contribution in [0.1, 0.15) is 36.1 Å². The molecule has 0 atom stereocenters. The van der Waals surface area contributed by atoms with Crippen LogP contribution in [0.5, 0.6) is 0 Å². The monoisotopic (exact) mass is 218 g/mol. The zero-order valence-electron chi connectivity index (χ0n) is 9.72. The van der Waals surface area contributed by atoms with Gasteiger partial charge < -0.3 is 0 Å². The zero-order valence-corrected chi connectivity index (χ0v) is 10.6. The maximum Gasteiger partial charge on any atom is 0.0521 e. The lowest BCUT2D eigenvalue weighted by molar-refractivity contribution is 1.06.